The van der Waals surface area contributed by atoms with Gasteiger partial charge in [0.25, 0.3) is 0 Å². The van der Waals surface area contributed by atoms with Crippen LogP contribution < -0.4 is 4.74 Å². The Hall–Kier alpha value is -2.76. The molecule has 4 rings (SSSR count). The van der Waals surface area contributed by atoms with Crippen LogP contribution in [-0.4, -0.2) is 18.4 Å². The number of benzene rings is 4. The van der Waals surface area contributed by atoms with Crippen LogP contribution in [0.1, 0.15) is 0 Å². The quantitative estimate of drug-likeness (QED) is 0.470. The van der Waals surface area contributed by atoms with Crippen molar-refractivity contribution in [1.29, 1.82) is 0 Å². The molecule has 136 valence electrons. The zero-order chi connectivity index (χ0) is 19.0. The predicted molar refractivity (Wildman–Crippen MR) is 107 cm³/mol. The van der Waals surface area contributed by atoms with E-state index in [1.165, 1.54) is 19.2 Å². The molecule has 4 aromatic carbocycles. The van der Waals surface area contributed by atoms with Crippen LogP contribution in [0.2, 0.25) is 0 Å². The summed E-state index contributed by atoms with van der Waals surface area (Å²) in [6.45, 7) is 0. The topological polar surface area (TPSA) is 35.5 Å². The molecule has 27 heavy (non-hydrogen) atoms. The summed E-state index contributed by atoms with van der Waals surface area (Å²) in [6, 6.07) is 19.8. The second-order valence-corrected chi connectivity index (χ2v) is 7.31. The largest absolute Gasteiger partial charge is 0.496 e. The van der Waals surface area contributed by atoms with Gasteiger partial charge in [-0.1, -0.05) is 42.5 Å². The van der Waals surface area contributed by atoms with Crippen molar-refractivity contribution in [2.75, 3.05) is 14.2 Å². The molecule has 0 aliphatic carbocycles. The van der Waals surface area contributed by atoms with Crippen LogP contribution in [0, 0.1) is 5.82 Å². The van der Waals surface area contributed by atoms with Crippen molar-refractivity contribution >= 4 is 32.6 Å². The van der Waals surface area contributed by atoms with E-state index in [9.17, 15) is 8.60 Å². The number of hydrogen-bond donors (Lipinski definition) is 0. The van der Waals surface area contributed by atoms with E-state index in [4.69, 9.17) is 8.92 Å². The minimum atomic E-state index is -1.65. The highest BCUT2D eigenvalue weighted by atomic mass is 32.2. The molecule has 0 radical (unpaired) electrons. The van der Waals surface area contributed by atoms with Crippen LogP contribution in [0.3, 0.4) is 0 Å². The number of fused-ring (bicyclic) bond motifs is 2. The van der Waals surface area contributed by atoms with Gasteiger partial charge in [0.2, 0.25) is 0 Å². The molecule has 0 spiro atoms. The first-order valence-electron chi connectivity index (χ1n) is 8.38. The molecule has 0 aliphatic rings. The molecule has 0 heterocycles. The van der Waals surface area contributed by atoms with Gasteiger partial charge in [0.1, 0.15) is 11.6 Å². The Bertz CT molecular complexity index is 1190. The molecule has 1 unspecified atom stereocenters. The van der Waals surface area contributed by atoms with E-state index in [2.05, 4.69) is 0 Å². The molecule has 0 N–H and O–H groups in total. The van der Waals surface area contributed by atoms with Crippen molar-refractivity contribution in [2.24, 2.45) is 0 Å². The summed E-state index contributed by atoms with van der Waals surface area (Å²) in [5, 5.41) is 3.50. The average molecular weight is 380 g/mol. The lowest BCUT2D eigenvalue weighted by atomic mass is 9.93. The highest BCUT2D eigenvalue weighted by Gasteiger charge is 2.20. The minimum Gasteiger partial charge on any atom is -0.496 e. The van der Waals surface area contributed by atoms with E-state index in [0.717, 1.165) is 32.7 Å². The van der Waals surface area contributed by atoms with Crippen LogP contribution in [-0.2, 0) is 15.3 Å². The lowest BCUT2D eigenvalue weighted by Gasteiger charge is -2.17. The van der Waals surface area contributed by atoms with E-state index in [1.807, 2.05) is 36.4 Å². The van der Waals surface area contributed by atoms with Crippen LogP contribution in [0.25, 0.3) is 32.7 Å². The first-order chi connectivity index (χ1) is 13.1. The summed E-state index contributed by atoms with van der Waals surface area (Å²) in [6.07, 6.45) is 0. The number of rotatable bonds is 4. The second-order valence-electron chi connectivity index (χ2n) is 6.07. The summed E-state index contributed by atoms with van der Waals surface area (Å²) in [5.41, 5.74) is 1.54. The number of ether oxygens (including phenoxy) is 1. The number of methoxy groups -OCH3 is 1. The van der Waals surface area contributed by atoms with E-state index >= 15 is 0 Å². The van der Waals surface area contributed by atoms with E-state index in [-0.39, 0.29) is 5.82 Å². The Morgan fingerprint density at radius 3 is 2.33 bits per heavy atom. The van der Waals surface area contributed by atoms with Crippen molar-refractivity contribution in [2.45, 2.75) is 4.90 Å². The summed E-state index contributed by atoms with van der Waals surface area (Å²) >= 11 is -1.65. The van der Waals surface area contributed by atoms with Gasteiger partial charge in [0.15, 0.2) is 11.1 Å². The van der Waals surface area contributed by atoms with E-state index < -0.39 is 11.1 Å². The third-order valence-electron chi connectivity index (χ3n) is 4.64. The predicted octanol–water partition coefficient (Wildman–Crippen LogP) is 5.48. The van der Waals surface area contributed by atoms with Crippen molar-refractivity contribution in [3.63, 3.8) is 0 Å². The number of hydrogen-bond acceptors (Lipinski definition) is 3. The number of halogens is 1. The Labute approximate surface area is 159 Å². The van der Waals surface area contributed by atoms with Crippen molar-refractivity contribution < 1.29 is 17.5 Å². The summed E-state index contributed by atoms with van der Waals surface area (Å²) in [5.74, 6) is 0.317. The Balaban J connectivity index is 2.21. The van der Waals surface area contributed by atoms with Crippen LogP contribution >= 0.6 is 0 Å². The lowest BCUT2D eigenvalue weighted by Crippen LogP contribution is -1.99. The summed E-state index contributed by atoms with van der Waals surface area (Å²) < 4.78 is 37.1. The Kier molecular flexibility index (Phi) is 4.64. The molecule has 4 aromatic rings. The van der Waals surface area contributed by atoms with Gasteiger partial charge in [0, 0.05) is 11.1 Å². The molecule has 3 nitrogen and oxygen atoms in total. The zero-order valence-corrected chi connectivity index (χ0v) is 15.7. The molecule has 0 aliphatic heterocycles. The van der Waals surface area contributed by atoms with Crippen molar-refractivity contribution in [3.05, 3.63) is 72.5 Å². The van der Waals surface area contributed by atoms with Crippen LogP contribution in [0.5, 0.6) is 5.75 Å². The highest BCUT2D eigenvalue weighted by Crippen LogP contribution is 2.43. The molecule has 0 bridgehead atoms. The molecule has 5 heteroatoms. The molecule has 0 fully saturated rings. The fourth-order valence-corrected chi connectivity index (χ4v) is 4.18. The molecule has 1 atom stereocenters. The monoisotopic (exact) mass is 380 g/mol. The van der Waals surface area contributed by atoms with Crippen LogP contribution in [0.15, 0.2) is 71.6 Å². The summed E-state index contributed by atoms with van der Waals surface area (Å²) in [4.78, 5) is 0.548. The molecule has 0 saturated carbocycles. The fourth-order valence-electron chi connectivity index (χ4n) is 3.45. The Morgan fingerprint density at radius 2 is 1.56 bits per heavy atom. The standard InChI is InChI=1S/C22H17FO3S/c1-25-19-11-7-15-13-16(23)9-10-18(15)21(19)22-17-6-4-3-5-14(17)8-12-20(22)27(24)26-2/h3-13H,1-2H3. The lowest BCUT2D eigenvalue weighted by molar-refractivity contribution is 0.417. The maximum absolute atomic E-state index is 13.8. The fraction of sp³-hybridized carbons (Fsp3) is 0.0909. The van der Waals surface area contributed by atoms with Gasteiger partial charge in [-0.3, -0.25) is 4.18 Å². The molecule has 0 aromatic heterocycles. The third-order valence-corrected chi connectivity index (χ3v) is 5.64. The van der Waals surface area contributed by atoms with Crippen molar-refractivity contribution in [1.82, 2.24) is 0 Å². The molecule has 0 saturated heterocycles. The van der Waals surface area contributed by atoms with Crippen molar-refractivity contribution in [3.8, 4) is 16.9 Å². The van der Waals surface area contributed by atoms with Gasteiger partial charge < -0.3 is 4.74 Å². The van der Waals surface area contributed by atoms with E-state index in [0.29, 0.717) is 10.6 Å². The van der Waals surface area contributed by atoms with E-state index in [1.54, 1.807) is 25.3 Å². The first-order valence-corrected chi connectivity index (χ1v) is 9.46. The SMILES string of the molecule is COc1ccc2cc(F)ccc2c1-c1c(S(=O)OC)ccc2ccccc12. The molecular formula is C22H17FO3S. The van der Waals surface area contributed by atoms with Gasteiger partial charge in [-0.15, -0.1) is 0 Å². The first kappa shape index (κ1) is 17.6. The van der Waals surface area contributed by atoms with Gasteiger partial charge in [-0.25, -0.2) is 8.60 Å². The maximum Gasteiger partial charge on any atom is 0.189 e. The van der Waals surface area contributed by atoms with Gasteiger partial charge in [-0.05, 0) is 45.8 Å². The summed E-state index contributed by atoms with van der Waals surface area (Å²) in [7, 11) is 3.00. The smallest absolute Gasteiger partial charge is 0.189 e. The van der Waals surface area contributed by atoms with Gasteiger partial charge >= 0.3 is 0 Å². The average Bonchev–Trinajstić information content (AvgIpc) is 2.71. The third kappa shape index (κ3) is 2.99. The highest BCUT2D eigenvalue weighted by molar-refractivity contribution is 7.80. The maximum atomic E-state index is 13.8. The van der Waals surface area contributed by atoms with Gasteiger partial charge in [0.05, 0.1) is 19.1 Å². The zero-order valence-electron chi connectivity index (χ0n) is 14.9. The Morgan fingerprint density at radius 1 is 0.815 bits per heavy atom. The normalized spacial score (nSPS) is 12.4. The van der Waals surface area contributed by atoms with Crippen LogP contribution in [0.4, 0.5) is 4.39 Å². The molecular weight excluding hydrogens is 363 g/mol. The molecule has 0 amide bonds. The van der Waals surface area contributed by atoms with Gasteiger partial charge in [-0.2, -0.15) is 0 Å². The second kappa shape index (κ2) is 7.10. The minimum absolute atomic E-state index is 0.308.